The second-order valence-corrected chi connectivity index (χ2v) is 5.35. The molecule has 20 heavy (non-hydrogen) atoms. The normalized spacial score (nSPS) is 26.1. The van der Waals surface area contributed by atoms with E-state index in [0.29, 0.717) is 13.0 Å². The molecule has 3 rings (SSSR count). The lowest BCUT2D eigenvalue weighted by atomic mass is 9.90. The van der Waals surface area contributed by atoms with Crippen LogP contribution in [0.15, 0.2) is 24.3 Å². The van der Waals surface area contributed by atoms with Gasteiger partial charge in [0.1, 0.15) is 11.3 Å². The predicted molar refractivity (Wildman–Crippen MR) is 72.0 cm³/mol. The molecule has 0 saturated carbocycles. The van der Waals surface area contributed by atoms with Crippen LogP contribution in [0.5, 0.6) is 5.75 Å². The van der Waals surface area contributed by atoms with Crippen molar-refractivity contribution in [2.24, 2.45) is 0 Å². The summed E-state index contributed by atoms with van der Waals surface area (Å²) < 4.78 is 0. The Balaban J connectivity index is 1.80. The van der Waals surface area contributed by atoms with E-state index in [9.17, 15) is 14.7 Å². The van der Waals surface area contributed by atoms with E-state index in [0.717, 1.165) is 18.5 Å². The number of phenols is 1. The van der Waals surface area contributed by atoms with E-state index in [-0.39, 0.29) is 24.2 Å². The molecule has 0 radical (unpaired) electrons. The number of piperidine rings is 1. The summed E-state index contributed by atoms with van der Waals surface area (Å²) in [7, 11) is 0. The Morgan fingerprint density at radius 1 is 1.35 bits per heavy atom. The van der Waals surface area contributed by atoms with Crippen molar-refractivity contribution >= 4 is 11.9 Å². The summed E-state index contributed by atoms with van der Waals surface area (Å²) >= 11 is 0. The third-order valence-corrected chi connectivity index (χ3v) is 3.88. The lowest BCUT2D eigenvalue weighted by molar-refractivity contribution is -0.132. The molecule has 106 valence electrons. The summed E-state index contributed by atoms with van der Waals surface area (Å²) in [5.41, 5.74) is -0.0547. The van der Waals surface area contributed by atoms with Crippen molar-refractivity contribution in [3.05, 3.63) is 29.8 Å². The number of hydrogen-bond acceptors (Lipinski definition) is 4. The van der Waals surface area contributed by atoms with Crippen molar-refractivity contribution in [3.8, 4) is 5.75 Å². The number of urea groups is 1. The number of hydrogen-bond donors (Lipinski definition) is 3. The molecule has 1 aromatic carbocycles. The minimum absolute atomic E-state index is 0.128. The lowest BCUT2D eigenvalue weighted by Gasteiger charge is -2.31. The summed E-state index contributed by atoms with van der Waals surface area (Å²) in [5, 5.41) is 15.4. The molecule has 6 heteroatoms. The van der Waals surface area contributed by atoms with Gasteiger partial charge in [-0.15, -0.1) is 0 Å². The summed E-state index contributed by atoms with van der Waals surface area (Å²) in [6, 6.07) is 6.24. The van der Waals surface area contributed by atoms with Gasteiger partial charge in [-0.1, -0.05) is 12.1 Å². The summed E-state index contributed by atoms with van der Waals surface area (Å²) in [6.45, 7) is 1.53. The van der Waals surface area contributed by atoms with Crippen molar-refractivity contribution in [2.45, 2.75) is 24.9 Å². The van der Waals surface area contributed by atoms with Gasteiger partial charge in [0.15, 0.2) is 0 Å². The minimum Gasteiger partial charge on any atom is -0.508 e. The van der Waals surface area contributed by atoms with Crippen molar-refractivity contribution in [3.63, 3.8) is 0 Å². The number of imide groups is 1. The highest BCUT2D eigenvalue weighted by molar-refractivity contribution is 6.07. The topological polar surface area (TPSA) is 81.7 Å². The van der Waals surface area contributed by atoms with Gasteiger partial charge in [-0.05, 0) is 37.1 Å². The average Bonchev–Trinajstić information content (AvgIpc) is 2.64. The molecular weight excluding hydrogens is 258 g/mol. The number of phenolic OH excluding ortho intramolecular Hbond substituents is 1. The number of nitrogens with one attached hydrogen (secondary N) is 2. The van der Waals surface area contributed by atoms with Crippen molar-refractivity contribution in [1.82, 2.24) is 15.5 Å². The fraction of sp³-hybridized carbons (Fsp3) is 0.429. The first-order valence-electron chi connectivity index (χ1n) is 6.73. The maximum absolute atomic E-state index is 12.5. The van der Waals surface area contributed by atoms with Gasteiger partial charge in [-0.25, -0.2) is 4.79 Å². The second-order valence-electron chi connectivity index (χ2n) is 5.35. The molecule has 0 bridgehead atoms. The molecule has 2 aliphatic heterocycles. The minimum atomic E-state index is -0.786. The zero-order valence-corrected chi connectivity index (χ0v) is 11.1. The molecule has 0 aromatic heterocycles. The Hall–Kier alpha value is -2.08. The van der Waals surface area contributed by atoms with Crippen LogP contribution in [0.4, 0.5) is 4.79 Å². The molecule has 0 aliphatic carbocycles. The first-order chi connectivity index (χ1) is 9.61. The third kappa shape index (κ3) is 2.12. The maximum atomic E-state index is 12.5. The number of carbonyl (C=O) groups excluding carboxylic acids is 2. The Morgan fingerprint density at radius 2 is 2.20 bits per heavy atom. The van der Waals surface area contributed by atoms with Crippen LogP contribution in [0.25, 0.3) is 0 Å². The number of benzene rings is 1. The first-order valence-corrected chi connectivity index (χ1v) is 6.73. The van der Waals surface area contributed by atoms with Crippen LogP contribution >= 0.6 is 0 Å². The molecule has 1 spiro atoms. The molecule has 3 N–H and O–H groups in total. The van der Waals surface area contributed by atoms with Gasteiger partial charge in [-0.3, -0.25) is 9.69 Å². The van der Waals surface area contributed by atoms with E-state index in [2.05, 4.69) is 10.6 Å². The Morgan fingerprint density at radius 3 is 2.90 bits per heavy atom. The van der Waals surface area contributed by atoms with Crippen molar-refractivity contribution in [1.29, 1.82) is 0 Å². The molecule has 2 aliphatic rings. The summed E-state index contributed by atoms with van der Waals surface area (Å²) in [6.07, 6.45) is 1.53. The van der Waals surface area contributed by atoms with E-state index in [1.54, 1.807) is 24.3 Å². The Bertz CT molecular complexity index is 552. The molecular formula is C14H17N3O3. The van der Waals surface area contributed by atoms with Crippen LogP contribution in [0.1, 0.15) is 18.4 Å². The van der Waals surface area contributed by atoms with Gasteiger partial charge >= 0.3 is 6.03 Å². The zero-order chi connectivity index (χ0) is 14.2. The van der Waals surface area contributed by atoms with Crippen LogP contribution < -0.4 is 10.6 Å². The standard InChI is InChI=1S/C14H17N3O3/c18-11-4-1-3-10(7-11)8-17-12(19)14(16-13(17)20)5-2-6-15-9-14/h1,3-4,7,15,18H,2,5-6,8-9H2,(H,16,20). The fourth-order valence-electron chi connectivity index (χ4n) is 2.85. The van der Waals surface area contributed by atoms with E-state index in [4.69, 9.17) is 0 Å². The molecule has 2 saturated heterocycles. The zero-order valence-electron chi connectivity index (χ0n) is 11.1. The molecule has 6 nitrogen and oxygen atoms in total. The molecule has 2 fully saturated rings. The molecule has 3 amide bonds. The quantitative estimate of drug-likeness (QED) is 0.689. The SMILES string of the molecule is O=C1NC2(CCCNC2)C(=O)N1Cc1cccc(O)c1. The summed E-state index contributed by atoms with van der Waals surface area (Å²) in [4.78, 5) is 25.8. The van der Waals surface area contributed by atoms with E-state index >= 15 is 0 Å². The Labute approximate surface area is 116 Å². The molecule has 1 atom stereocenters. The van der Waals surface area contributed by atoms with Gasteiger partial charge in [-0.2, -0.15) is 0 Å². The number of rotatable bonds is 2. The van der Waals surface area contributed by atoms with Crippen molar-refractivity contribution < 1.29 is 14.7 Å². The van der Waals surface area contributed by atoms with Crippen LogP contribution in [0, 0.1) is 0 Å². The highest BCUT2D eigenvalue weighted by atomic mass is 16.3. The lowest BCUT2D eigenvalue weighted by Crippen LogP contribution is -2.57. The van der Waals surface area contributed by atoms with Crippen LogP contribution in [-0.4, -0.2) is 40.6 Å². The van der Waals surface area contributed by atoms with E-state index < -0.39 is 5.54 Å². The van der Waals surface area contributed by atoms with Crippen LogP contribution in [0.3, 0.4) is 0 Å². The molecule has 1 unspecified atom stereocenters. The van der Waals surface area contributed by atoms with Crippen LogP contribution in [0.2, 0.25) is 0 Å². The van der Waals surface area contributed by atoms with Crippen LogP contribution in [-0.2, 0) is 11.3 Å². The Kier molecular flexibility index (Phi) is 3.10. The monoisotopic (exact) mass is 275 g/mol. The predicted octanol–water partition coefficient (Wildman–Crippen LogP) is 0.566. The van der Waals surface area contributed by atoms with Crippen molar-refractivity contribution in [2.75, 3.05) is 13.1 Å². The molecule has 2 heterocycles. The van der Waals surface area contributed by atoms with Gasteiger partial charge < -0.3 is 15.7 Å². The van der Waals surface area contributed by atoms with E-state index in [1.165, 1.54) is 4.90 Å². The number of amides is 3. The smallest absolute Gasteiger partial charge is 0.325 e. The summed E-state index contributed by atoms with van der Waals surface area (Å²) in [5.74, 6) is -0.0540. The van der Waals surface area contributed by atoms with Gasteiger partial charge in [0.25, 0.3) is 5.91 Å². The number of nitrogens with zero attached hydrogens (tertiary/aromatic N) is 1. The third-order valence-electron chi connectivity index (χ3n) is 3.88. The highest BCUT2D eigenvalue weighted by Gasteiger charge is 2.51. The number of carbonyl (C=O) groups is 2. The van der Waals surface area contributed by atoms with Gasteiger partial charge in [0.2, 0.25) is 0 Å². The maximum Gasteiger partial charge on any atom is 0.325 e. The average molecular weight is 275 g/mol. The second kappa shape index (κ2) is 4.79. The fourth-order valence-corrected chi connectivity index (χ4v) is 2.85. The first kappa shape index (κ1) is 12.9. The van der Waals surface area contributed by atoms with Gasteiger partial charge in [0.05, 0.1) is 6.54 Å². The number of aromatic hydroxyl groups is 1. The molecule has 1 aromatic rings. The van der Waals surface area contributed by atoms with Gasteiger partial charge in [0, 0.05) is 6.54 Å². The van der Waals surface area contributed by atoms with E-state index in [1.807, 2.05) is 0 Å². The largest absolute Gasteiger partial charge is 0.508 e. The highest BCUT2D eigenvalue weighted by Crippen LogP contribution is 2.26.